The first-order chi connectivity index (χ1) is 11.2. The molecule has 4 rings (SSSR count). The van der Waals surface area contributed by atoms with Gasteiger partial charge in [0.05, 0.1) is 17.4 Å². The lowest BCUT2D eigenvalue weighted by Crippen LogP contribution is -2.30. The summed E-state index contributed by atoms with van der Waals surface area (Å²) in [5, 5.41) is 6.86. The van der Waals surface area contributed by atoms with E-state index in [4.69, 9.17) is 4.98 Å². The van der Waals surface area contributed by atoms with E-state index in [0.29, 0.717) is 12.2 Å². The van der Waals surface area contributed by atoms with Crippen LogP contribution in [0.4, 0.5) is 5.13 Å². The van der Waals surface area contributed by atoms with Crippen molar-refractivity contribution in [3.05, 3.63) is 33.4 Å². The highest BCUT2D eigenvalue weighted by molar-refractivity contribution is 7.16. The fraction of sp³-hybridized carbons (Fsp3) is 0.333. The second-order valence-corrected chi connectivity index (χ2v) is 7.10. The van der Waals surface area contributed by atoms with Crippen LogP contribution >= 0.6 is 22.7 Å². The number of fused-ring (bicyclic) bond motifs is 3. The van der Waals surface area contributed by atoms with Gasteiger partial charge in [-0.3, -0.25) is 14.4 Å². The third kappa shape index (κ3) is 2.29. The number of nitrogens with zero attached hydrogens (tertiary/aromatic N) is 5. The predicted molar refractivity (Wildman–Crippen MR) is 91.2 cm³/mol. The monoisotopic (exact) mass is 345 g/mol. The number of carbonyl (C=O) groups is 1. The second-order valence-electron chi connectivity index (χ2n) is 5.32. The van der Waals surface area contributed by atoms with Crippen molar-refractivity contribution >= 4 is 33.7 Å². The van der Waals surface area contributed by atoms with E-state index in [2.05, 4.69) is 10.1 Å². The maximum absolute atomic E-state index is 12.6. The van der Waals surface area contributed by atoms with E-state index >= 15 is 0 Å². The third-order valence-corrected chi connectivity index (χ3v) is 5.76. The number of hydrogen-bond donors (Lipinski definition) is 0. The quantitative estimate of drug-likeness (QED) is 0.732. The van der Waals surface area contributed by atoms with Gasteiger partial charge in [0.2, 0.25) is 0 Å². The number of thiazole rings is 2. The Labute approximate surface area is 141 Å². The summed E-state index contributed by atoms with van der Waals surface area (Å²) in [5.74, 6) is -0.0914. The molecule has 1 aliphatic rings. The fourth-order valence-electron chi connectivity index (χ4n) is 2.85. The summed E-state index contributed by atoms with van der Waals surface area (Å²) in [6, 6.07) is 0. The zero-order chi connectivity index (χ0) is 16.0. The molecule has 0 saturated carbocycles. The molecule has 0 fully saturated rings. The summed E-state index contributed by atoms with van der Waals surface area (Å²) in [4.78, 5) is 24.4. The first kappa shape index (κ1) is 14.5. The lowest BCUT2D eigenvalue weighted by atomic mass is 10.0. The molecule has 3 aromatic rings. The first-order valence-corrected chi connectivity index (χ1v) is 9.16. The summed E-state index contributed by atoms with van der Waals surface area (Å²) in [7, 11) is 1.96. The summed E-state index contributed by atoms with van der Waals surface area (Å²) >= 11 is 3.02. The Bertz CT molecular complexity index is 865. The highest BCUT2D eigenvalue weighted by atomic mass is 32.1. The van der Waals surface area contributed by atoms with Gasteiger partial charge < -0.3 is 0 Å². The Balaban J connectivity index is 1.74. The van der Waals surface area contributed by atoms with Crippen LogP contribution in [-0.4, -0.2) is 32.2 Å². The molecular weight excluding hydrogens is 330 g/mol. The molecule has 0 spiro atoms. The van der Waals surface area contributed by atoms with Gasteiger partial charge in [-0.25, -0.2) is 9.97 Å². The predicted octanol–water partition coefficient (Wildman–Crippen LogP) is 2.77. The number of aromatic nitrogens is 4. The molecule has 8 heteroatoms. The second kappa shape index (κ2) is 5.54. The van der Waals surface area contributed by atoms with E-state index in [0.717, 1.165) is 29.2 Å². The van der Waals surface area contributed by atoms with Crippen molar-refractivity contribution in [2.45, 2.75) is 19.8 Å². The minimum absolute atomic E-state index is 0.0914. The van der Waals surface area contributed by atoms with E-state index in [-0.39, 0.29) is 5.91 Å². The van der Waals surface area contributed by atoms with Gasteiger partial charge >= 0.3 is 0 Å². The molecule has 0 N–H and O–H groups in total. The molecule has 3 aromatic heterocycles. The molecule has 23 heavy (non-hydrogen) atoms. The Morgan fingerprint density at radius 2 is 2.30 bits per heavy atom. The van der Waals surface area contributed by atoms with Crippen LogP contribution in [0.2, 0.25) is 0 Å². The highest BCUT2D eigenvalue weighted by Gasteiger charge is 2.27. The SMILES string of the molecule is CCN(C(=O)c1cscn1)c1nc2c(s1)CCc1c-2cnn1C. The molecule has 0 unspecified atom stereocenters. The third-order valence-electron chi connectivity index (χ3n) is 4.04. The van der Waals surface area contributed by atoms with E-state index in [1.165, 1.54) is 21.9 Å². The van der Waals surface area contributed by atoms with Gasteiger partial charge in [0, 0.05) is 35.1 Å². The van der Waals surface area contributed by atoms with Gasteiger partial charge in [-0.1, -0.05) is 0 Å². The number of carbonyl (C=O) groups excluding carboxylic acids is 1. The van der Waals surface area contributed by atoms with Gasteiger partial charge in [-0.05, 0) is 19.8 Å². The molecule has 1 aliphatic carbocycles. The van der Waals surface area contributed by atoms with E-state index in [1.807, 2.05) is 24.9 Å². The summed E-state index contributed by atoms with van der Waals surface area (Å²) in [6.45, 7) is 2.53. The average Bonchev–Trinajstić information content (AvgIpc) is 3.26. The normalized spacial score (nSPS) is 12.8. The number of aryl methyl sites for hydroxylation is 2. The van der Waals surface area contributed by atoms with Crippen molar-refractivity contribution in [1.82, 2.24) is 19.7 Å². The molecular formula is C15H15N5OS2. The van der Waals surface area contributed by atoms with E-state index in [1.54, 1.807) is 27.1 Å². The van der Waals surface area contributed by atoms with Gasteiger partial charge in [0.1, 0.15) is 5.69 Å². The Morgan fingerprint density at radius 3 is 3.04 bits per heavy atom. The van der Waals surface area contributed by atoms with Crippen molar-refractivity contribution in [3.8, 4) is 11.3 Å². The number of anilines is 1. The molecule has 0 saturated heterocycles. The van der Waals surface area contributed by atoms with Crippen LogP contribution in [0.25, 0.3) is 11.3 Å². The van der Waals surface area contributed by atoms with Crippen LogP contribution in [-0.2, 0) is 19.9 Å². The van der Waals surface area contributed by atoms with Crippen LogP contribution in [0, 0.1) is 0 Å². The number of hydrogen-bond acceptors (Lipinski definition) is 6. The van der Waals surface area contributed by atoms with Crippen LogP contribution < -0.4 is 4.90 Å². The molecule has 0 radical (unpaired) electrons. The standard InChI is InChI=1S/C15H15N5OS2/c1-3-20(14(21)10-7-22-8-16-10)15-18-13-9-6-17-19(2)11(9)4-5-12(13)23-15/h6-8H,3-5H2,1-2H3. The number of amides is 1. The van der Waals surface area contributed by atoms with Crippen LogP contribution in [0.15, 0.2) is 17.1 Å². The zero-order valence-electron chi connectivity index (χ0n) is 12.8. The highest BCUT2D eigenvalue weighted by Crippen LogP contribution is 2.39. The summed E-state index contributed by atoms with van der Waals surface area (Å²) in [5.41, 5.74) is 5.43. The fourth-order valence-corrected chi connectivity index (χ4v) is 4.51. The molecule has 0 aromatic carbocycles. The first-order valence-electron chi connectivity index (χ1n) is 7.40. The Hall–Kier alpha value is -2.06. The van der Waals surface area contributed by atoms with Crippen molar-refractivity contribution in [2.24, 2.45) is 7.05 Å². The maximum Gasteiger partial charge on any atom is 0.279 e. The Morgan fingerprint density at radius 1 is 1.43 bits per heavy atom. The molecule has 0 atom stereocenters. The van der Waals surface area contributed by atoms with Crippen molar-refractivity contribution in [2.75, 3.05) is 11.4 Å². The van der Waals surface area contributed by atoms with Gasteiger partial charge in [0.25, 0.3) is 5.91 Å². The van der Waals surface area contributed by atoms with Crippen molar-refractivity contribution in [1.29, 1.82) is 0 Å². The van der Waals surface area contributed by atoms with Crippen LogP contribution in [0.1, 0.15) is 28.0 Å². The van der Waals surface area contributed by atoms with Crippen LogP contribution in [0.3, 0.4) is 0 Å². The minimum Gasteiger partial charge on any atom is -0.283 e. The minimum atomic E-state index is -0.0914. The lowest BCUT2D eigenvalue weighted by molar-refractivity contribution is 0.0984. The van der Waals surface area contributed by atoms with Crippen molar-refractivity contribution < 1.29 is 4.79 Å². The van der Waals surface area contributed by atoms with Gasteiger partial charge in [-0.2, -0.15) is 5.10 Å². The van der Waals surface area contributed by atoms with Gasteiger partial charge in [-0.15, -0.1) is 22.7 Å². The smallest absolute Gasteiger partial charge is 0.279 e. The molecule has 6 nitrogen and oxygen atoms in total. The lowest BCUT2D eigenvalue weighted by Gasteiger charge is -2.16. The summed E-state index contributed by atoms with van der Waals surface area (Å²) in [6.07, 6.45) is 3.78. The topological polar surface area (TPSA) is 63.9 Å². The van der Waals surface area contributed by atoms with Crippen LogP contribution in [0.5, 0.6) is 0 Å². The molecule has 118 valence electrons. The summed E-state index contributed by atoms with van der Waals surface area (Å²) < 4.78 is 1.91. The van der Waals surface area contributed by atoms with Gasteiger partial charge in [0.15, 0.2) is 5.13 Å². The molecule has 1 amide bonds. The van der Waals surface area contributed by atoms with E-state index in [9.17, 15) is 4.79 Å². The Kier molecular flexibility index (Phi) is 3.50. The average molecular weight is 345 g/mol. The zero-order valence-corrected chi connectivity index (χ0v) is 14.4. The van der Waals surface area contributed by atoms with Crippen molar-refractivity contribution in [3.63, 3.8) is 0 Å². The molecule has 0 aliphatic heterocycles. The van der Waals surface area contributed by atoms with E-state index < -0.39 is 0 Å². The molecule has 3 heterocycles. The maximum atomic E-state index is 12.6. The molecule has 0 bridgehead atoms. The largest absolute Gasteiger partial charge is 0.283 e. The number of rotatable bonds is 3.